The van der Waals surface area contributed by atoms with Gasteiger partial charge in [-0.1, -0.05) is 51.5 Å². The van der Waals surface area contributed by atoms with Crippen molar-refractivity contribution in [3.63, 3.8) is 0 Å². The molecule has 1 atom stereocenters. The van der Waals surface area contributed by atoms with Crippen molar-refractivity contribution in [1.82, 2.24) is 0 Å². The molecule has 94 valence electrons. The molecule has 0 aliphatic heterocycles. The molecule has 0 aliphatic carbocycles. The van der Waals surface area contributed by atoms with Gasteiger partial charge in [0.05, 0.1) is 0 Å². The van der Waals surface area contributed by atoms with E-state index < -0.39 is 0 Å². The monoisotopic (exact) mass is 233 g/mol. The summed E-state index contributed by atoms with van der Waals surface area (Å²) in [6, 6.07) is 7.95. The zero-order chi connectivity index (χ0) is 12.8. The van der Waals surface area contributed by atoms with Crippen LogP contribution in [-0.4, -0.2) is 12.3 Å². The molecule has 0 amide bonds. The highest BCUT2D eigenvalue weighted by molar-refractivity contribution is 5.98. The van der Waals surface area contributed by atoms with Crippen molar-refractivity contribution in [3.8, 4) is 0 Å². The molecule has 1 rings (SSSR count). The number of carbonyl (C=O) groups excluding carboxylic acids is 1. The summed E-state index contributed by atoms with van der Waals surface area (Å²) in [6.07, 6.45) is 2.20. The molecule has 17 heavy (non-hydrogen) atoms. The maximum Gasteiger partial charge on any atom is 0.167 e. The number of carbonyl (C=O) groups is 1. The molecule has 0 saturated heterocycles. The minimum Gasteiger partial charge on any atom is -0.330 e. The van der Waals surface area contributed by atoms with E-state index in [4.69, 9.17) is 5.73 Å². The predicted octanol–water partition coefficient (Wildman–Crippen LogP) is 3.05. The van der Waals surface area contributed by atoms with Crippen LogP contribution in [0.5, 0.6) is 0 Å². The first-order valence-corrected chi connectivity index (χ1v) is 6.43. The van der Waals surface area contributed by atoms with Crippen LogP contribution in [0.3, 0.4) is 0 Å². The lowest BCUT2D eigenvalue weighted by atomic mass is 9.88. The van der Waals surface area contributed by atoms with Gasteiger partial charge in [0.15, 0.2) is 5.78 Å². The molecular weight excluding hydrogens is 210 g/mol. The zero-order valence-corrected chi connectivity index (χ0v) is 11.1. The van der Waals surface area contributed by atoms with E-state index in [1.807, 2.05) is 38.1 Å². The maximum absolute atomic E-state index is 12.2. The molecule has 0 bridgehead atoms. The Morgan fingerprint density at radius 1 is 1.24 bits per heavy atom. The van der Waals surface area contributed by atoms with Gasteiger partial charge in [0.2, 0.25) is 0 Å². The number of rotatable bonds is 6. The van der Waals surface area contributed by atoms with Crippen LogP contribution < -0.4 is 5.73 Å². The van der Waals surface area contributed by atoms with Gasteiger partial charge in [-0.15, -0.1) is 0 Å². The van der Waals surface area contributed by atoms with Gasteiger partial charge in [-0.3, -0.25) is 4.79 Å². The standard InChI is InChI=1S/C15H23NO/c1-4-5-12-6-8-13(9-7-12)15(17)14(10-16)11(2)3/h6-9,11,14H,4-5,10,16H2,1-3H3. The van der Waals surface area contributed by atoms with Gasteiger partial charge >= 0.3 is 0 Å². The van der Waals surface area contributed by atoms with Crippen LogP contribution in [-0.2, 0) is 6.42 Å². The third-order valence-corrected chi connectivity index (χ3v) is 3.17. The zero-order valence-electron chi connectivity index (χ0n) is 11.1. The number of aryl methyl sites for hydroxylation is 1. The van der Waals surface area contributed by atoms with Crippen molar-refractivity contribution in [2.75, 3.05) is 6.54 Å². The number of benzene rings is 1. The van der Waals surface area contributed by atoms with E-state index >= 15 is 0 Å². The molecule has 0 saturated carbocycles. The first-order valence-electron chi connectivity index (χ1n) is 6.43. The van der Waals surface area contributed by atoms with Crippen molar-refractivity contribution in [2.45, 2.75) is 33.6 Å². The molecule has 0 heterocycles. The third-order valence-electron chi connectivity index (χ3n) is 3.17. The third kappa shape index (κ3) is 3.67. The summed E-state index contributed by atoms with van der Waals surface area (Å²) in [5, 5.41) is 0. The number of nitrogens with two attached hydrogens (primary N) is 1. The molecule has 0 radical (unpaired) electrons. The number of Topliss-reactive ketones (excluding diaryl/α,β-unsaturated/α-hetero) is 1. The Bertz CT molecular complexity index is 354. The smallest absolute Gasteiger partial charge is 0.167 e. The lowest BCUT2D eigenvalue weighted by molar-refractivity contribution is 0.0892. The van der Waals surface area contributed by atoms with E-state index in [1.165, 1.54) is 5.56 Å². The number of hydrogen-bond donors (Lipinski definition) is 1. The van der Waals surface area contributed by atoms with E-state index in [0.717, 1.165) is 18.4 Å². The van der Waals surface area contributed by atoms with E-state index in [2.05, 4.69) is 6.92 Å². The average Bonchev–Trinajstić information content (AvgIpc) is 2.30. The molecule has 2 nitrogen and oxygen atoms in total. The Morgan fingerprint density at radius 2 is 1.82 bits per heavy atom. The highest BCUT2D eigenvalue weighted by atomic mass is 16.1. The fourth-order valence-electron chi connectivity index (χ4n) is 2.02. The van der Waals surface area contributed by atoms with Crippen molar-refractivity contribution in [3.05, 3.63) is 35.4 Å². The Morgan fingerprint density at radius 3 is 2.24 bits per heavy atom. The van der Waals surface area contributed by atoms with Crippen LogP contribution in [0.15, 0.2) is 24.3 Å². The number of ketones is 1. The van der Waals surface area contributed by atoms with Crippen molar-refractivity contribution >= 4 is 5.78 Å². The Hall–Kier alpha value is -1.15. The molecule has 0 spiro atoms. The van der Waals surface area contributed by atoms with Gasteiger partial charge in [0.25, 0.3) is 0 Å². The fraction of sp³-hybridized carbons (Fsp3) is 0.533. The SMILES string of the molecule is CCCc1ccc(C(=O)C(CN)C(C)C)cc1. The summed E-state index contributed by atoms with van der Waals surface area (Å²) in [6.45, 7) is 6.66. The van der Waals surface area contributed by atoms with Crippen LogP contribution in [0, 0.1) is 11.8 Å². The first-order chi connectivity index (χ1) is 8.10. The second-order valence-electron chi connectivity index (χ2n) is 4.90. The Kier molecular flexibility index (Phi) is 5.36. The molecule has 0 aromatic heterocycles. The summed E-state index contributed by atoms with van der Waals surface area (Å²) in [7, 11) is 0. The molecule has 0 fully saturated rings. The Labute approximate surface area is 104 Å². The maximum atomic E-state index is 12.2. The summed E-state index contributed by atoms with van der Waals surface area (Å²) in [5.41, 5.74) is 7.74. The number of hydrogen-bond acceptors (Lipinski definition) is 2. The highest BCUT2D eigenvalue weighted by Gasteiger charge is 2.21. The molecule has 2 N–H and O–H groups in total. The van der Waals surface area contributed by atoms with Crippen LogP contribution in [0.4, 0.5) is 0 Å². The largest absolute Gasteiger partial charge is 0.330 e. The lowest BCUT2D eigenvalue weighted by Crippen LogP contribution is -2.28. The molecular formula is C15H23NO. The molecule has 1 aromatic carbocycles. The van der Waals surface area contributed by atoms with E-state index in [0.29, 0.717) is 12.5 Å². The molecule has 2 heteroatoms. The van der Waals surface area contributed by atoms with Gasteiger partial charge in [-0.05, 0) is 17.9 Å². The summed E-state index contributed by atoms with van der Waals surface area (Å²) in [4.78, 5) is 12.2. The van der Waals surface area contributed by atoms with Gasteiger partial charge in [0.1, 0.15) is 0 Å². The minimum atomic E-state index is -0.0629. The summed E-state index contributed by atoms with van der Waals surface area (Å²) < 4.78 is 0. The summed E-state index contributed by atoms with van der Waals surface area (Å²) >= 11 is 0. The van der Waals surface area contributed by atoms with Crippen molar-refractivity contribution < 1.29 is 4.79 Å². The lowest BCUT2D eigenvalue weighted by Gasteiger charge is -2.17. The predicted molar refractivity (Wildman–Crippen MR) is 72.1 cm³/mol. The minimum absolute atomic E-state index is 0.0629. The van der Waals surface area contributed by atoms with E-state index in [9.17, 15) is 4.79 Å². The van der Waals surface area contributed by atoms with Gasteiger partial charge in [-0.25, -0.2) is 0 Å². The van der Waals surface area contributed by atoms with Crippen LogP contribution >= 0.6 is 0 Å². The van der Waals surface area contributed by atoms with Crippen LogP contribution in [0.1, 0.15) is 43.1 Å². The van der Waals surface area contributed by atoms with E-state index in [1.54, 1.807) is 0 Å². The van der Waals surface area contributed by atoms with Crippen LogP contribution in [0.25, 0.3) is 0 Å². The van der Waals surface area contributed by atoms with Gasteiger partial charge in [-0.2, -0.15) is 0 Å². The fourth-order valence-corrected chi connectivity index (χ4v) is 2.02. The summed E-state index contributed by atoms with van der Waals surface area (Å²) in [5.74, 6) is 0.403. The average molecular weight is 233 g/mol. The normalized spacial score (nSPS) is 12.8. The van der Waals surface area contributed by atoms with Gasteiger partial charge in [0, 0.05) is 18.0 Å². The van der Waals surface area contributed by atoms with E-state index in [-0.39, 0.29) is 11.7 Å². The van der Waals surface area contributed by atoms with Crippen molar-refractivity contribution in [1.29, 1.82) is 0 Å². The Balaban J connectivity index is 2.81. The van der Waals surface area contributed by atoms with Crippen molar-refractivity contribution in [2.24, 2.45) is 17.6 Å². The van der Waals surface area contributed by atoms with Crippen LogP contribution in [0.2, 0.25) is 0 Å². The quantitative estimate of drug-likeness (QED) is 0.767. The molecule has 0 aliphatic rings. The van der Waals surface area contributed by atoms with Gasteiger partial charge < -0.3 is 5.73 Å². The second kappa shape index (κ2) is 6.55. The topological polar surface area (TPSA) is 43.1 Å². The highest BCUT2D eigenvalue weighted by Crippen LogP contribution is 2.17. The molecule has 1 unspecified atom stereocenters. The molecule has 1 aromatic rings. The second-order valence-corrected chi connectivity index (χ2v) is 4.90. The first kappa shape index (κ1) is 13.9.